The predicted molar refractivity (Wildman–Crippen MR) is 151 cm³/mol. The molecule has 3 aromatic rings. The molecule has 6 rings (SSSR count). The summed E-state index contributed by atoms with van der Waals surface area (Å²) in [6.45, 7) is 8.57. The van der Waals surface area contributed by atoms with Crippen molar-refractivity contribution in [2.24, 2.45) is 0 Å². The summed E-state index contributed by atoms with van der Waals surface area (Å²) in [6.07, 6.45) is 4.39. The molecular weight excluding hydrogens is 484 g/mol. The number of piperazine rings is 1. The maximum Gasteiger partial charge on any atom is 0.318 e. The molecule has 0 radical (unpaired) electrons. The Labute approximate surface area is 224 Å². The second-order valence-electron chi connectivity index (χ2n) is 10.7. The maximum absolute atomic E-state index is 6.72. The topological polar surface area (TPSA) is 56.8 Å². The summed E-state index contributed by atoms with van der Waals surface area (Å²) < 4.78 is 6.32. The third kappa shape index (κ3) is 4.97. The standard InChI is InChI=1S/C29H37ClN6O/c1-20-17-31-13-16-36(20)28-23-10-6-15-35(26-12-4-8-21-7-3-11-24(30)27(21)26)18-25(23)32-29(33-28)37-19-22-9-5-14-34(22)2/h3-4,7-8,11-12,20,22,31H,5-6,9-10,13-19H2,1-2H3/t20-,22-/m0/s1. The molecule has 8 heteroatoms. The number of benzene rings is 2. The Morgan fingerprint density at radius 2 is 1.95 bits per heavy atom. The zero-order valence-electron chi connectivity index (χ0n) is 21.9. The van der Waals surface area contributed by atoms with Crippen LogP contribution in [0.5, 0.6) is 6.01 Å². The van der Waals surface area contributed by atoms with Crippen LogP contribution >= 0.6 is 11.6 Å². The number of nitrogens with zero attached hydrogens (tertiary/aromatic N) is 5. The molecule has 0 spiro atoms. The Morgan fingerprint density at radius 3 is 2.76 bits per heavy atom. The SMILES string of the molecule is C[C@H]1CNCCN1c1nc(OC[C@@H]2CCCN2C)nc2c1CCCN(c1cccc3cccc(Cl)c13)C2. The lowest BCUT2D eigenvalue weighted by atomic mass is 10.1. The van der Waals surface area contributed by atoms with Crippen molar-refractivity contribution in [3.63, 3.8) is 0 Å². The largest absolute Gasteiger partial charge is 0.462 e. The van der Waals surface area contributed by atoms with E-state index in [1.807, 2.05) is 12.1 Å². The molecule has 0 bridgehead atoms. The van der Waals surface area contributed by atoms with Gasteiger partial charge in [-0.3, -0.25) is 0 Å². The van der Waals surface area contributed by atoms with Crippen molar-refractivity contribution in [3.8, 4) is 6.01 Å². The van der Waals surface area contributed by atoms with Gasteiger partial charge in [-0.15, -0.1) is 0 Å². The number of fused-ring (bicyclic) bond motifs is 2. The molecule has 0 unspecified atom stereocenters. The van der Waals surface area contributed by atoms with E-state index < -0.39 is 0 Å². The van der Waals surface area contributed by atoms with Crippen LogP contribution in [-0.2, 0) is 13.0 Å². The number of rotatable bonds is 5. The second-order valence-corrected chi connectivity index (χ2v) is 11.1. The van der Waals surface area contributed by atoms with Gasteiger partial charge in [-0.1, -0.05) is 35.9 Å². The van der Waals surface area contributed by atoms with Crippen LogP contribution in [-0.4, -0.2) is 73.3 Å². The average molecular weight is 521 g/mol. The first kappa shape index (κ1) is 24.7. The molecule has 0 saturated carbocycles. The zero-order valence-corrected chi connectivity index (χ0v) is 22.7. The Morgan fingerprint density at radius 1 is 1.08 bits per heavy atom. The molecule has 0 amide bonds. The number of halogens is 1. The monoisotopic (exact) mass is 520 g/mol. The molecule has 196 valence electrons. The third-order valence-corrected chi connectivity index (χ3v) is 8.58. The summed E-state index contributed by atoms with van der Waals surface area (Å²) in [5.41, 5.74) is 3.52. The van der Waals surface area contributed by atoms with Gasteiger partial charge < -0.3 is 24.8 Å². The molecule has 2 fully saturated rings. The van der Waals surface area contributed by atoms with E-state index in [0.717, 1.165) is 79.4 Å². The summed E-state index contributed by atoms with van der Waals surface area (Å²) in [7, 11) is 2.18. The Hall–Kier alpha value is -2.61. The molecule has 1 aromatic heterocycles. The van der Waals surface area contributed by atoms with E-state index in [-0.39, 0.29) is 0 Å². The molecule has 1 N–H and O–H groups in total. The number of ether oxygens (including phenoxy) is 1. The van der Waals surface area contributed by atoms with Gasteiger partial charge in [0.2, 0.25) is 0 Å². The van der Waals surface area contributed by atoms with Crippen molar-refractivity contribution in [1.82, 2.24) is 20.2 Å². The molecule has 0 aliphatic carbocycles. The summed E-state index contributed by atoms with van der Waals surface area (Å²) in [5, 5.41) is 6.58. The zero-order chi connectivity index (χ0) is 25.4. The summed E-state index contributed by atoms with van der Waals surface area (Å²) in [5.74, 6) is 1.06. The highest BCUT2D eigenvalue weighted by Gasteiger charge is 2.29. The van der Waals surface area contributed by atoms with Crippen LogP contribution in [0.15, 0.2) is 36.4 Å². The number of anilines is 2. The summed E-state index contributed by atoms with van der Waals surface area (Å²) in [4.78, 5) is 17.4. The van der Waals surface area contributed by atoms with E-state index in [4.69, 9.17) is 26.3 Å². The molecule has 7 nitrogen and oxygen atoms in total. The summed E-state index contributed by atoms with van der Waals surface area (Å²) >= 11 is 6.72. The highest BCUT2D eigenvalue weighted by Crippen LogP contribution is 2.36. The van der Waals surface area contributed by atoms with E-state index in [1.54, 1.807) is 0 Å². The quantitative estimate of drug-likeness (QED) is 0.531. The lowest BCUT2D eigenvalue weighted by molar-refractivity contribution is 0.187. The number of likely N-dealkylation sites (tertiary alicyclic amines) is 1. The summed E-state index contributed by atoms with van der Waals surface area (Å²) in [6, 6.07) is 13.9. The van der Waals surface area contributed by atoms with Gasteiger partial charge in [0.05, 0.1) is 17.3 Å². The highest BCUT2D eigenvalue weighted by molar-refractivity contribution is 6.36. The van der Waals surface area contributed by atoms with Crippen molar-refractivity contribution in [2.45, 2.75) is 51.2 Å². The average Bonchev–Trinajstić information content (AvgIpc) is 3.19. The van der Waals surface area contributed by atoms with Crippen molar-refractivity contribution < 1.29 is 4.74 Å². The van der Waals surface area contributed by atoms with Gasteiger partial charge in [0.1, 0.15) is 12.4 Å². The molecular formula is C29H37ClN6O. The first-order valence-corrected chi connectivity index (χ1v) is 14.1. The van der Waals surface area contributed by atoms with Crippen LogP contribution in [0.1, 0.15) is 37.4 Å². The Bertz CT molecular complexity index is 1260. The van der Waals surface area contributed by atoms with Crippen LogP contribution in [0, 0.1) is 0 Å². The van der Waals surface area contributed by atoms with Crippen molar-refractivity contribution in [1.29, 1.82) is 0 Å². The fourth-order valence-electron chi connectivity index (χ4n) is 6.15. The number of hydrogen-bond donors (Lipinski definition) is 1. The van der Waals surface area contributed by atoms with Crippen LogP contribution in [0.3, 0.4) is 0 Å². The molecule has 37 heavy (non-hydrogen) atoms. The van der Waals surface area contributed by atoms with E-state index in [1.165, 1.54) is 24.1 Å². The molecule has 2 atom stereocenters. The van der Waals surface area contributed by atoms with E-state index in [2.05, 4.69) is 58.3 Å². The first-order chi connectivity index (χ1) is 18.1. The number of likely N-dealkylation sites (N-methyl/N-ethyl adjacent to an activating group) is 1. The normalized spacial score (nSPS) is 22.8. The minimum Gasteiger partial charge on any atom is -0.462 e. The molecule has 3 aliphatic heterocycles. The van der Waals surface area contributed by atoms with Crippen LogP contribution in [0.25, 0.3) is 10.8 Å². The predicted octanol–water partition coefficient (Wildman–Crippen LogP) is 4.51. The van der Waals surface area contributed by atoms with Gasteiger partial charge in [-0.05, 0) is 63.7 Å². The van der Waals surface area contributed by atoms with Crippen molar-refractivity contribution >= 4 is 33.9 Å². The smallest absolute Gasteiger partial charge is 0.318 e. The Kier molecular flexibility index (Phi) is 7.10. The lowest BCUT2D eigenvalue weighted by Gasteiger charge is -2.36. The molecule has 4 heterocycles. The van der Waals surface area contributed by atoms with Gasteiger partial charge in [-0.25, -0.2) is 0 Å². The van der Waals surface area contributed by atoms with E-state index >= 15 is 0 Å². The number of aromatic nitrogens is 2. The van der Waals surface area contributed by atoms with Gasteiger partial charge in [0.15, 0.2) is 0 Å². The fraction of sp³-hybridized carbons (Fsp3) is 0.517. The third-order valence-electron chi connectivity index (χ3n) is 8.27. The van der Waals surface area contributed by atoms with Crippen molar-refractivity contribution in [2.75, 3.05) is 56.2 Å². The molecule has 2 saturated heterocycles. The van der Waals surface area contributed by atoms with Crippen molar-refractivity contribution in [3.05, 3.63) is 52.7 Å². The van der Waals surface area contributed by atoms with Crippen LogP contribution in [0.4, 0.5) is 11.5 Å². The van der Waals surface area contributed by atoms with Gasteiger partial charge in [-0.2, -0.15) is 9.97 Å². The molecule has 2 aromatic carbocycles. The number of hydrogen-bond acceptors (Lipinski definition) is 7. The van der Waals surface area contributed by atoms with Crippen LogP contribution in [0.2, 0.25) is 5.02 Å². The van der Waals surface area contributed by atoms with Gasteiger partial charge >= 0.3 is 6.01 Å². The first-order valence-electron chi connectivity index (χ1n) is 13.7. The van der Waals surface area contributed by atoms with E-state index in [9.17, 15) is 0 Å². The lowest BCUT2D eigenvalue weighted by Crippen LogP contribution is -2.50. The fourth-order valence-corrected chi connectivity index (χ4v) is 6.43. The minimum absolute atomic E-state index is 0.373. The highest BCUT2D eigenvalue weighted by atomic mass is 35.5. The number of nitrogens with one attached hydrogen (secondary N) is 1. The van der Waals surface area contributed by atoms with Gasteiger partial charge in [0, 0.05) is 54.9 Å². The van der Waals surface area contributed by atoms with E-state index in [0.29, 0.717) is 24.7 Å². The maximum atomic E-state index is 6.72. The van der Waals surface area contributed by atoms with Gasteiger partial charge in [0.25, 0.3) is 0 Å². The Balaban J connectivity index is 1.38. The second kappa shape index (κ2) is 10.6. The molecule has 3 aliphatic rings. The minimum atomic E-state index is 0.373. The van der Waals surface area contributed by atoms with Crippen LogP contribution < -0.4 is 19.9 Å².